The first-order chi connectivity index (χ1) is 16.4. The largest absolute Gasteiger partial charge is 0.354 e. The Bertz CT molecular complexity index is 1300. The molecule has 4 aromatic rings. The number of hydrogen-bond donors (Lipinski definition) is 3. The fraction of sp³-hybridized carbons (Fsp3) is 0.160. The third-order valence-corrected chi connectivity index (χ3v) is 5.36. The maximum Gasteiger partial charge on any atom is 0.309 e. The van der Waals surface area contributed by atoms with E-state index in [0.717, 1.165) is 11.3 Å². The average molecular weight is 457 g/mol. The number of hydrazine groups is 1. The van der Waals surface area contributed by atoms with Crippen LogP contribution in [0.5, 0.6) is 0 Å². The Kier molecular flexibility index (Phi) is 6.35. The minimum absolute atomic E-state index is 0.106. The van der Waals surface area contributed by atoms with E-state index in [-0.39, 0.29) is 17.3 Å². The molecule has 0 fully saturated rings. The van der Waals surface area contributed by atoms with Crippen LogP contribution in [0.15, 0.2) is 60.7 Å². The molecule has 34 heavy (non-hydrogen) atoms. The van der Waals surface area contributed by atoms with Crippen molar-refractivity contribution in [1.29, 1.82) is 0 Å². The van der Waals surface area contributed by atoms with Gasteiger partial charge in [0.25, 0.3) is 5.91 Å². The molecular weight excluding hydrogens is 432 g/mol. The maximum absolute atomic E-state index is 12.8. The zero-order chi connectivity index (χ0) is 24.2. The molecule has 9 heteroatoms. The van der Waals surface area contributed by atoms with E-state index >= 15 is 0 Å². The molecule has 0 bridgehead atoms. The Morgan fingerprint density at radius 2 is 1.56 bits per heavy atom. The topological polar surface area (TPSA) is 122 Å². The molecule has 0 saturated heterocycles. The zero-order valence-electron chi connectivity index (χ0n) is 19.0. The third-order valence-electron chi connectivity index (χ3n) is 5.36. The van der Waals surface area contributed by atoms with Crippen molar-refractivity contribution in [3.05, 3.63) is 89.0 Å². The molecule has 2 amide bonds. The number of Topliss-reactive ketones (excluding diaryl/α,β-unsaturated/α-hetero) is 1. The van der Waals surface area contributed by atoms with Crippen LogP contribution in [0.25, 0.3) is 17.1 Å². The highest BCUT2D eigenvalue weighted by atomic mass is 16.2. The lowest BCUT2D eigenvalue weighted by molar-refractivity contribution is 0.0838. The Hall–Kier alpha value is -4.53. The molecule has 0 spiro atoms. The van der Waals surface area contributed by atoms with Gasteiger partial charge in [-0.15, -0.1) is 5.10 Å². The monoisotopic (exact) mass is 456 g/mol. The lowest BCUT2D eigenvalue weighted by Gasteiger charge is -2.06. The van der Waals surface area contributed by atoms with E-state index in [2.05, 4.69) is 25.9 Å². The molecule has 0 aliphatic carbocycles. The van der Waals surface area contributed by atoms with Crippen molar-refractivity contribution in [2.45, 2.75) is 27.2 Å². The summed E-state index contributed by atoms with van der Waals surface area (Å²) in [5.41, 5.74) is 8.23. The van der Waals surface area contributed by atoms with Crippen molar-refractivity contribution in [3.63, 3.8) is 0 Å². The van der Waals surface area contributed by atoms with Crippen molar-refractivity contribution >= 4 is 17.6 Å². The number of rotatable bonds is 6. The molecule has 0 aliphatic rings. The first-order valence-corrected chi connectivity index (χ1v) is 10.8. The van der Waals surface area contributed by atoms with E-state index in [1.54, 1.807) is 11.6 Å². The summed E-state index contributed by atoms with van der Waals surface area (Å²) in [6.45, 7) is 5.05. The second kappa shape index (κ2) is 9.53. The summed E-state index contributed by atoms with van der Waals surface area (Å²) in [6, 6.07) is 18.7. The minimum Gasteiger partial charge on any atom is -0.354 e. The lowest BCUT2D eigenvalue weighted by atomic mass is 10.0. The number of para-hydroxylation sites is 1. The summed E-state index contributed by atoms with van der Waals surface area (Å²) >= 11 is 0. The summed E-state index contributed by atoms with van der Waals surface area (Å²) in [4.78, 5) is 44.9. The van der Waals surface area contributed by atoms with Crippen LogP contribution in [0.1, 0.15) is 56.6 Å². The number of nitrogens with one attached hydrogen (secondary N) is 3. The van der Waals surface area contributed by atoms with Gasteiger partial charge in [0.15, 0.2) is 11.6 Å². The van der Waals surface area contributed by atoms with E-state index in [1.165, 1.54) is 6.92 Å². The molecular formula is C25H24N6O3. The van der Waals surface area contributed by atoms with Crippen molar-refractivity contribution in [2.75, 3.05) is 0 Å². The van der Waals surface area contributed by atoms with Gasteiger partial charge in [-0.05, 0) is 38.0 Å². The van der Waals surface area contributed by atoms with Crippen LogP contribution >= 0.6 is 0 Å². The van der Waals surface area contributed by atoms with Gasteiger partial charge in [-0.25, -0.2) is 9.67 Å². The van der Waals surface area contributed by atoms with Gasteiger partial charge in [0.2, 0.25) is 5.82 Å². The Morgan fingerprint density at radius 1 is 0.941 bits per heavy atom. The number of benzene rings is 2. The quantitative estimate of drug-likeness (QED) is 0.303. The summed E-state index contributed by atoms with van der Waals surface area (Å²) in [5.74, 6) is -0.980. The Morgan fingerprint density at radius 3 is 2.18 bits per heavy atom. The van der Waals surface area contributed by atoms with Gasteiger partial charge in [0, 0.05) is 16.8 Å². The van der Waals surface area contributed by atoms with Crippen LogP contribution in [0.3, 0.4) is 0 Å². The maximum atomic E-state index is 12.8. The van der Waals surface area contributed by atoms with Crippen molar-refractivity contribution in [2.24, 2.45) is 0 Å². The molecule has 3 N–H and O–H groups in total. The van der Waals surface area contributed by atoms with Crippen LogP contribution < -0.4 is 10.9 Å². The molecule has 2 heterocycles. The number of ketones is 1. The van der Waals surface area contributed by atoms with E-state index in [0.29, 0.717) is 29.1 Å². The van der Waals surface area contributed by atoms with Gasteiger partial charge in [-0.1, -0.05) is 55.5 Å². The lowest BCUT2D eigenvalue weighted by Crippen LogP contribution is -2.42. The Labute approximate surface area is 196 Å². The fourth-order valence-corrected chi connectivity index (χ4v) is 3.86. The molecule has 0 aliphatic heterocycles. The first kappa shape index (κ1) is 22.7. The van der Waals surface area contributed by atoms with Gasteiger partial charge in [0.05, 0.1) is 5.69 Å². The standard InChI is InChI=1S/C25H24N6O3/c1-4-19-20(16(3)32)15(2)26-21(19)24(33)28-29-25(34)22-27-23(17-11-7-5-8-12-17)31(30-22)18-13-9-6-10-14-18/h5-14,26H,4H2,1-3H3,(H,28,33)(H,29,34). The number of amides is 2. The van der Waals surface area contributed by atoms with Gasteiger partial charge in [-0.2, -0.15) is 0 Å². The number of nitrogens with zero attached hydrogens (tertiary/aromatic N) is 3. The normalized spacial score (nSPS) is 10.7. The van der Waals surface area contributed by atoms with Crippen molar-refractivity contribution in [1.82, 2.24) is 30.6 Å². The highest BCUT2D eigenvalue weighted by Gasteiger charge is 2.23. The van der Waals surface area contributed by atoms with E-state index in [1.807, 2.05) is 67.6 Å². The molecule has 9 nitrogen and oxygen atoms in total. The second-order valence-corrected chi connectivity index (χ2v) is 7.67. The predicted molar refractivity (Wildman–Crippen MR) is 127 cm³/mol. The fourth-order valence-electron chi connectivity index (χ4n) is 3.86. The number of carbonyl (C=O) groups is 3. The number of carbonyl (C=O) groups excluding carboxylic acids is 3. The van der Waals surface area contributed by atoms with Crippen LogP contribution in [0.4, 0.5) is 0 Å². The molecule has 0 unspecified atom stereocenters. The molecule has 2 aromatic heterocycles. The molecule has 172 valence electrons. The van der Waals surface area contributed by atoms with Gasteiger partial charge in [0.1, 0.15) is 5.69 Å². The molecule has 0 radical (unpaired) electrons. The minimum atomic E-state index is -0.673. The molecule has 2 aromatic carbocycles. The Balaban J connectivity index is 1.59. The van der Waals surface area contributed by atoms with E-state index in [9.17, 15) is 14.4 Å². The summed E-state index contributed by atoms with van der Waals surface area (Å²) in [5, 5.41) is 4.37. The number of hydrogen-bond acceptors (Lipinski definition) is 5. The van der Waals surface area contributed by atoms with Gasteiger partial charge < -0.3 is 4.98 Å². The smallest absolute Gasteiger partial charge is 0.309 e. The van der Waals surface area contributed by atoms with Crippen molar-refractivity contribution < 1.29 is 14.4 Å². The number of H-pyrrole nitrogens is 1. The van der Waals surface area contributed by atoms with E-state index in [4.69, 9.17) is 0 Å². The third kappa shape index (κ3) is 4.36. The zero-order valence-corrected chi connectivity index (χ0v) is 19.0. The molecule has 0 atom stereocenters. The summed E-state index contributed by atoms with van der Waals surface area (Å²) in [6.07, 6.45) is 0.486. The first-order valence-electron chi connectivity index (χ1n) is 10.8. The number of aromatic nitrogens is 4. The van der Waals surface area contributed by atoms with Gasteiger partial charge >= 0.3 is 5.91 Å². The second-order valence-electron chi connectivity index (χ2n) is 7.67. The van der Waals surface area contributed by atoms with Crippen LogP contribution in [0.2, 0.25) is 0 Å². The van der Waals surface area contributed by atoms with Crippen molar-refractivity contribution in [3.8, 4) is 17.1 Å². The van der Waals surface area contributed by atoms with Crippen LogP contribution in [-0.2, 0) is 6.42 Å². The van der Waals surface area contributed by atoms with Crippen LogP contribution in [-0.4, -0.2) is 37.3 Å². The highest BCUT2D eigenvalue weighted by Crippen LogP contribution is 2.22. The van der Waals surface area contributed by atoms with E-state index < -0.39 is 11.8 Å². The SMILES string of the molecule is CCc1c(C(=O)NNC(=O)c2nc(-c3ccccc3)n(-c3ccccc3)n2)[nH]c(C)c1C(C)=O. The number of aryl methyl sites for hydroxylation is 1. The summed E-state index contributed by atoms with van der Waals surface area (Å²) in [7, 11) is 0. The predicted octanol–water partition coefficient (Wildman–Crippen LogP) is 3.41. The highest BCUT2D eigenvalue weighted by molar-refractivity contribution is 6.03. The molecule has 0 saturated carbocycles. The van der Waals surface area contributed by atoms with Crippen LogP contribution in [0, 0.1) is 6.92 Å². The number of aromatic amines is 1. The summed E-state index contributed by atoms with van der Waals surface area (Å²) < 4.78 is 1.58. The average Bonchev–Trinajstić information content (AvgIpc) is 3.45. The van der Waals surface area contributed by atoms with Gasteiger partial charge in [-0.3, -0.25) is 25.2 Å². The molecule has 4 rings (SSSR count).